The maximum atomic E-state index is 6.33. The molecule has 0 saturated heterocycles. The van der Waals surface area contributed by atoms with Gasteiger partial charge in [-0.2, -0.15) is 0 Å². The van der Waals surface area contributed by atoms with Crippen LogP contribution in [0.25, 0.3) is 132 Å². The maximum absolute atomic E-state index is 6.33. The van der Waals surface area contributed by atoms with Crippen molar-refractivity contribution in [1.82, 2.24) is 9.13 Å². The molecule has 4 aromatic heterocycles. The van der Waals surface area contributed by atoms with Gasteiger partial charge in [-0.3, -0.25) is 0 Å². The predicted molar refractivity (Wildman–Crippen MR) is 485 cm³/mol. The summed E-state index contributed by atoms with van der Waals surface area (Å²) in [7, 11) is 0. The molecule has 0 fully saturated rings. The summed E-state index contributed by atoms with van der Waals surface area (Å²) in [4.78, 5) is 9.38. The Labute approximate surface area is 670 Å². The van der Waals surface area contributed by atoms with Crippen LogP contribution < -0.4 is 19.6 Å². The lowest BCUT2D eigenvalue weighted by atomic mass is 10.0. The Hall–Kier alpha value is -15.6. The molecule has 8 heteroatoms. The van der Waals surface area contributed by atoms with Crippen LogP contribution in [0.5, 0.6) is 0 Å². The molecular weight excluding hydrogens is 1410 g/mol. The Morgan fingerprint density at radius 2 is 0.345 bits per heavy atom. The van der Waals surface area contributed by atoms with Crippen molar-refractivity contribution in [3.63, 3.8) is 0 Å². The van der Waals surface area contributed by atoms with Gasteiger partial charge in [-0.15, -0.1) is 0 Å². The zero-order chi connectivity index (χ0) is 76.6. The summed E-state index contributed by atoms with van der Waals surface area (Å²) in [5.41, 5.74) is 29.5. The monoisotopic (exact) mass is 1480 g/mol. The zero-order valence-electron chi connectivity index (χ0n) is 63.1. The molecule has 18 aromatic carbocycles. The fourth-order valence-electron chi connectivity index (χ4n) is 17.4. The molecule has 4 heterocycles. The summed E-state index contributed by atoms with van der Waals surface area (Å²) in [5, 5.41) is 9.42. The average molecular weight is 1490 g/mol. The van der Waals surface area contributed by atoms with Crippen molar-refractivity contribution in [3.8, 4) is 44.8 Å². The fourth-order valence-corrected chi connectivity index (χ4v) is 17.4. The molecule has 0 N–H and O–H groups in total. The Morgan fingerprint density at radius 1 is 0.147 bits per heavy atom. The van der Waals surface area contributed by atoms with Gasteiger partial charge in [-0.05, 0) is 264 Å². The van der Waals surface area contributed by atoms with Gasteiger partial charge in [0.25, 0.3) is 0 Å². The van der Waals surface area contributed by atoms with Crippen molar-refractivity contribution < 1.29 is 8.83 Å². The van der Waals surface area contributed by atoms with E-state index in [1.165, 1.54) is 43.6 Å². The van der Waals surface area contributed by atoms with Crippen molar-refractivity contribution >= 4 is 156 Å². The second kappa shape index (κ2) is 28.3. The lowest BCUT2D eigenvalue weighted by Crippen LogP contribution is -2.12. The molecule has 0 radical (unpaired) electrons. The molecule has 0 aliphatic rings. The topological polar surface area (TPSA) is 49.1 Å². The molecular formula is C108H72N6O2. The van der Waals surface area contributed by atoms with Gasteiger partial charge in [0.1, 0.15) is 22.3 Å². The van der Waals surface area contributed by atoms with Crippen LogP contribution in [0.4, 0.5) is 68.2 Å². The number of anilines is 12. The van der Waals surface area contributed by atoms with Gasteiger partial charge in [-0.25, -0.2) is 0 Å². The molecule has 0 atom stereocenters. The van der Waals surface area contributed by atoms with Gasteiger partial charge in [0.15, 0.2) is 0 Å². The standard InChI is InChI=1S/C108H72N6O2/c1-3-19-79(20-4-1)109(81-49-39-75(40-50-81)77-43-69-99-97-27-11-17-33-105(97)115-107(99)71-77)85-53-57-87(58-54-85)111(89-61-65-91(66-62-89)113-101-29-13-7-23-93(101)94-24-8-14-30-102(94)113)83-45-35-73(36-46-83)74-37-47-84(48-38-74)112(90-63-67-92(68-64-90)114-103-31-15-9-25-95(103)96-26-10-16-32-104(96)114)88-59-55-86(56-60-88)110(80-21-5-2-6-22-80)82-51-41-76(42-52-82)78-44-70-100-98-28-12-18-34-106(98)116-108(100)72-78/h1-72H. The first-order valence-corrected chi connectivity index (χ1v) is 39.4. The van der Waals surface area contributed by atoms with E-state index in [1.54, 1.807) is 0 Å². The van der Waals surface area contributed by atoms with Gasteiger partial charge in [-0.1, -0.05) is 206 Å². The second-order valence-corrected chi connectivity index (χ2v) is 29.6. The molecule has 0 unspecified atom stereocenters. The maximum Gasteiger partial charge on any atom is 0.136 e. The summed E-state index contributed by atoms with van der Waals surface area (Å²) in [5.74, 6) is 0. The number of para-hydroxylation sites is 8. The fraction of sp³-hybridized carbons (Fsp3) is 0. The van der Waals surface area contributed by atoms with Crippen LogP contribution in [-0.2, 0) is 0 Å². The quantitative estimate of drug-likeness (QED) is 0.0905. The van der Waals surface area contributed by atoms with E-state index in [2.05, 4.69) is 441 Å². The van der Waals surface area contributed by atoms with Gasteiger partial charge in [0.05, 0.1) is 22.1 Å². The van der Waals surface area contributed by atoms with E-state index >= 15 is 0 Å². The van der Waals surface area contributed by atoms with Gasteiger partial charge < -0.3 is 37.6 Å². The highest BCUT2D eigenvalue weighted by Gasteiger charge is 2.23. The second-order valence-electron chi connectivity index (χ2n) is 29.6. The Bertz CT molecular complexity index is 6850. The molecule has 0 saturated carbocycles. The normalized spacial score (nSPS) is 11.6. The van der Waals surface area contributed by atoms with Gasteiger partial charge in [0, 0.05) is 123 Å². The molecule has 0 aliphatic carbocycles. The molecule has 0 amide bonds. The van der Waals surface area contributed by atoms with Crippen molar-refractivity contribution in [2.45, 2.75) is 0 Å². The third kappa shape index (κ3) is 11.9. The third-order valence-corrected chi connectivity index (χ3v) is 22.9. The van der Waals surface area contributed by atoms with Crippen LogP contribution in [-0.4, -0.2) is 9.13 Å². The molecule has 0 aliphatic heterocycles. The van der Waals surface area contributed by atoms with Gasteiger partial charge in [0.2, 0.25) is 0 Å². The van der Waals surface area contributed by atoms with E-state index in [4.69, 9.17) is 8.83 Å². The molecule has 8 nitrogen and oxygen atoms in total. The predicted octanol–water partition coefficient (Wildman–Crippen LogP) is 30.6. The first kappa shape index (κ1) is 67.3. The number of fused-ring (bicyclic) bond motifs is 12. The van der Waals surface area contributed by atoms with E-state index in [0.29, 0.717) is 0 Å². The summed E-state index contributed by atoms with van der Waals surface area (Å²) >= 11 is 0. The van der Waals surface area contributed by atoms with E-state index in [9.17, 15) is 0 Å². The number of nitrogens with zero attached hydrogens (tertiary/aromatic N) is 6. The first-order valence-electron chi connectivity index (χ1n) is 39.4. The van der Waals surface area contributed by atoms with Crippen LogP contribution in [0.2, 0.25) is 0 Å². The molecule has 116 heavy (non-hydrogen) atoms. The Balaban J connectivity index is 0.601. The number of hydrogen-bond donors (Lipinski definition) is 0. The number of benzene rings is 18. The summed E-state index contributed by atoms with van der Waals surface area (Å²) in [6.07, 6.45) is 0. The van der Waals surface area contributed by atoms with E-state index in [1.807, 2.05) is 24.3 Å². The smallest absolute Gasteiger partial charge is 0.136 e. The Kier molecular flexibility index (Phi) is 16.4. The molecule has 0 spiro atoms. The largest absolute Gasteiger partial charge is 0.456 e. The van der Waals surface area contributed by atoms with Crippen LogP contribution in [0, 0.1) is 0 Å². The molecule has 22 rings (SSSR count). The minimum atomic E-state index is 0.882. The minimum Gasteiger partial charge on any atom is -0.456 e. The third-order valence-electron chi connectivity index (χ3n) is 22.9. The van der Waals surface area contributed by atoms with Crippen LogP contribution in [0.3, 0.4) is 0 Å². The first-order chi connectivity index (χ1) is 57.5. The van der Waals surface area contributed by atoms with Crippen molar-refractivity contribution in [1.29, 1.82) is 0 Å². The SMILES string of the molecule is c1ccc(N(c2ccc(-c3ccc4c(c3)oc3ccccc34)cc2)c2ccc(N(c3ccc(-c4ccc(N(c5ccc(N(c6ccccc6)c6ccc(-c7ccc8c(c7)oc7ccccc78)cc6)cc5)c5ccc(-n6c7ccccc7c7ccccc76)cc5)cc4)cc3)c3ccc(-n4c5ccccc5c5ccccc54)cc3)cc2)cc1. The van der Waals surface area contributed by atoms with Crippen molar-refractivity contribution in [3.05, 3.63) is 437 Å². The zero-order valence-corrected chi connectivity index (χ0v) is 63.1. The highest BCUT2D eigenvalue weighted by molar-refractivity contribution is 6.11. The van der Waals surface area contributed by atoms with E-state index < -0.39 is 0 Å². The minimum absolute atomic E-state index is 0.882. The lowest BCUT2D eigenvalue weighted by molar-refractivity contribution is 0.668. The molecule has 0 bridgehead atoms. The summed E-state index contributed by atoms with van der Waals surface area (Å²) < 4.78 is 17.4. The summed E-state index contributed by atoms with van der Waals surface area (Å²) in [6.45, 7) is 0. The van der Waals surface area contributed by atoms with Crippen LogP contribution in [0.1, 0.15) is 0 Å². The van der Waals surface area contributed by atoms with Crippen molar-refractivity contribution in [2.75, 3.05) is 19.6 Å². The number of aromatic nitrogens is 2. The lowest BCUT2D eigenvalue weighted by Gasteiger charge is -2.29. The average Bonchev–Trinajstić information content (AvgIpc) is 1.61. The highest BCUT2D eigenvalue weighted by Crippen LogP contribution is 2.46. The highest BCUT2D eigenvalue weighted by atomic mass is 16.3. The van der Waals surface area contributed by atoms with E-state index in [0.717, 1.165) is 157 Å². The molecule has 22 aromatic rings. The summed E-state index contributed by atoms with van der Waals surface area (Å²) in [6, 6.07) is 157. The van der Waals surface area contributed by atoms with E-state index in [-0.39, 0.29) is 0 Å². The van der Waals surface area contributed by atoms with Gasteiger partial charge >= 0.3 is 0 Å². The van der Waals surface area contributed by atoms with Crippen LogP contribution in [0.15, 0.2) is 446 Å². The van der Waals surface area contributed by atoms with Crippen LogP contribution >= 0.6 is 0 Å². The number of rotatable bonds is 17. The van der Waals surface area contributed by atoms with Crippen molar-refractivity contribution in [2.24, 2.45) is 0 Å². The number of hydrogen-bond acceptors (Lipinski definition) is 6. The molecule has 546 valence electrons. The Morgan fingerprint density at radius 3 is 0.629 bits per heavy atom. The number of furan rings is 2.